The fourth-order valence-electron chi connectivity index (χ4n) is 2.01. The van der Waals surface area contributed by atoms with E-state index in [1.54, 1.807) is 62.5 Å². The van der Waals surface area contributed by atoms with E-state index in [0.29, 0.717) is 17.3 Å². The second-order valence-corrected chi connectivity index (χ2v) is 5.77. The predicted octanol–water partition coefficient (Wildman–Crippen LogP) is 2.88. The zero-order chi connectivity index (χ0) is 15.5. The molecule has 0 bridgehead atoms. The van der Waals surface area contributed by atoms with E-state index >= 15 is 0 Å². The van der Waals surface area contributed by atoms with Crippen LogP contribution in [-0.2, 0) is 11.3 Å². The number of ether oxygens (including phenoxy) is 1. The number of carbonyl (C=O) groups excluding carboxylic acids is 1. The quantitative estimate of drug-likeness (QED) is 0.924. The van der Waals surface area contributed by atoms with Gasteiger partial charge < -0.3 is 9.64 Å². The number of halogens is 1. The van der Waals surface area contributed by atoms with Gasteiger partial charge in [0.15, 0.2) is 5.60 Å². The van der Waals surface area contributed by atoms with Gasteiger partial charge in [0.25, 0.3) is 5.91 Å². The first-order valence-electron chi connectivity index (χ1n) is 6.56. The molecule has 2 aromatic rings. The van der Waals surface area contributed by atoms with E-state index in [1.807, 2.05) is 0 Å². The highest BCUT2D eigenvalue weighted by Crippen LogP contribution is 2.22. The molecule has 0 aliphatic rings. The standard InChI is InChI=1S/C15H18ClN3O2/c1-15(2,21-13-6-4-12(16)5-7-13)14(20)19(3)10-11-8-17-18-9-11/h4-9H,10H2,1-3H3,(H,17,18). The van der Waals surface area contributed by atoms with E-state index in [4.69, 9.17) is 16.3 Å². The van der Waals surface area contributed by atoms with E-state index in [9.17, 15) is 4.79 Å². The van der Waals surface area contributed by atoms with Crippen molar-refractivity contribution < 1.29 is 9.53 Å². The Hall–Kier alpha value is -2.01. The van der Waals surface area contributed by atoms with Crippen molar-refractivity contribution in [1.82, 2.24) is 15.1 Å². The number of H-pyrrole nitrogens is 1. The molecule has 5 nitrogen and oxygen atoms in total. The van der Waals surface area contributed by atoms with E-state index in [-0.39, 0.29) is 5.91 Å². The van der Waals surface area contributed by atoms with Crippen LogP contribution in [0.5, 0.6) is 5.75 Å². The minimum Gasteiger partial charge on any atom is -0.478 e. The molecule has 0 aliphatic heterocycles. The fraction of sp³-hybridized carbons (Fsp3) is 0.333. The molecule has 0 saturated carbocycles. The van der Waals surface area contributed by atoms with E-state index in [1.165, 1.54) is 0 Å². The summed E-state index contributed by atoms with van der Waals surface area (Å²) in [7, 11) is 1.74. The molecular weight excluding hydrogens is 290 g/mol. The molecule has 0 radical (unpaired) electrons. The zero-order valence-electron chi connectivity index (χ0n) is 12.3. The Balaban J connectivity index is 2.03. The van der Waals surface area contributed by atoms with E-state index < -0.39 is 5.60 Å². The molecule has 6 heteroatoms. The monoisotopic (exact) mass is 307 g/mol. The first-order chi connectivity index (χ1) is 9.88. The maximum Gasteiger partial charge on any atom is 0.266 e. The molecule has 0 aliphatic carbocycles. The van der Waals surface area contributed by atoms with Crippen molar-refractivity contribution in [3.8, 4) is 5.75 Å². The van der Waals surface area contributed by atoms with Crippen LogP contribution in [0.4, 0.5) is 0 Å². The van der Waals surface area contributed by atoms with Crippen molar-refractivity contribution in [3.63, 3.8) is 0 Å². The maximum atomic E-state index is 12.5. The number of aromatic nitrogens is 2. The number of amides is 1. The first-order valence-corrected chi connectivity index (χ1v) is 6.94. The summed E-state index contributed by atoms with van der Waals surface area (Å²) in [5.41, 5.74) is -0.0279. The van der Waals surface area contributed by atoms with Gasteiger partial charge in [0.1, 0.15) is 5.75 Å². The minimum atomic E-state index is -0.966. The van der Waals surface area contributed by atoms with Gasteiger partial charge in [-0.25, -0.2) is 0 Å². The number of benzene rings is 1. The van der Waals surface area contributed by atoms with E-state index in [2.05, 4.69) is 10.2 Å². The summed E-state index contributed by atoms with van der Waals surface area (Å²) in [4.78, 5) is 14.1. The normalized spacial score (nSPS) is 11.2. The summed E-state index contributed by atoms with van der Waals surface area (Å²) in [6.07, 6.45) is 3.45. The Kier molecular flexibility index (Phi) is 4.53. The highest BCUT2D eigenvalue weighted by molar-refractivity contribution is 6.30. The van der Waals surface area contributed by atoms with Crippen LogP contribution in [0.3, 0.4) is 0 Å². The molecule has 1 amide bonds. The van der Waals surface area contributed by atoms with Gasteiger partial charge in [-0.1, -0.05) is 11.6 Å². The Labute approximate surface area is 128 Å². The molecule has 0 unspecified atom stereocenters. The number of carbonyl (C=O) groups is 1. The Bertz CT molecular complexity index is 594. The fourth-order valence-corrected chi connectivity index (χ4v) is 2.14. The molecule has 21 heavy (non-hydrogen) atoms. The van der Waals surface area contributed by atoms with E-state index in [0.717, 1.165) is 5.56 Å². The number of hydrogen-bond acceptors (Lipinski definition) is 3. The second-order valence-electron chi connectivity index (χ2n) is 5.33. The number of nitrogens with zero attached hydrogens (tertiary/aromatic N) is 2. The second kappa shape index (κ2) is 6.18. The van der Waals surface area contributed by atoms with Crippen molar-refractivity contribution in [2.24, 2.45) is 0 Å². The number of hydrogen-bond donors (Lipinski definition) is 1. The Morgan fingerprint density at radius 3 is 2.62 bits per heavy atom. The largest absolute Gasteiger partial charge is 0.478 e. The van der Waals surface area contributed by atoms with Crippen LogP contribution < -0.4 is 4.74 Å². The smallest absolute Gasteiger partial charge is 0.266 e. The summed E-state index contributed by atoms with van der Waals surface area (Å²) in [5, 5.41) is 7.22. The van der Waals surface area contributed by atoms with Crippen LogP contribution >= 0.6 is 11.6 Å². The molecule has 1 aromatic heterocycles. The number of rotatable bonds is 5. The lowest BCUT2D eigenvalue weighted by Gasteiger charge is -2.30. The lowest BCUT2D eigenvalue weighted by Crippen LogP contribution is -2.47. The summed E-state index contributed by atoms with van der Waals surface area (Å²) >= 11 is 5.84. The van der Waals surface area contributed by atoms with Crippen molar-refractivity contribution in [3.05, 3.63) is 47.2 Å². The molecule has 1 N–H and O–H groups in total. The van der Waals surface area contributed by atoms with Gasteiger partial charge >= 0.3 is 0 Å². The Morgan fingerprint density at radius 1 is 1.38 bits per heavy atom. The summed E-state index contributed by atoms with van der Waals surface area (Å²) < 4.78 is 5.79. The average molecular weight is 308 g/mol. The zero-order valence-corrected chi connectivity index (χ0v) is 13.0. The van der Waals surface area contributed by atoms with Gasteiger partial charge in [-0.3, -0.25) is 9.89 Å². The summed E-state index contributed by atoms with van der Waals surface area (Å²) in [6, 6.07) is 6.94. The summed E-state index contributed by atoms with van der Waals surface area (Å²) in [5.74, 6) is 0.494. The lowest BCUT2D eigenvalue weighted by atomic mass is 10.1. The van der Waals surface area contributed by atoms with Crippen LogP contribution in [0.25, 0.3) is 0 Å². The van der Waals surface area contributed by atoms with Crippen LogP contribution in [0.15, 0.2) is 36.7 Å². The van der Waals surface area contributed by atoms with Gasteiger partial charge in [-0.15, -0.1) is 0 Å². The molecule has 0 saturated heterocycles. The molecule has 1 heterocycles. The van der Waals surface area contributed by atoms with Gasteiger partial charge in [0.2, 0.25) is 0 Å². The molecule has 2 rings (SSSR count). The molecule has 1 aromatic carbocycles. The summed E-state index contributed by atoms with van der Waals surface area (Å²) in [6.45, 7) is 3.97. The topological polar surface area (TPSA) is 58.2 Å². The number of likely N-dealkylation sites (N-methyl/N-ethyl adjacent to an activating group) is 1. The van der Waals surface area contributed by atoms with Crippen LogP contribution in [0, 0.1) is 0 Å². The van der Waals surface area contributed by atoms with Gasteiger partial charge in [0, 0.05) is 30.4 Å². The van der Waals surface area contributed by atoms with Crippen LogP contribution in [0.1, 0.15) is 19.4 Å². The lowest BCUT2D eigenvalue weighted by molar-refractivity contribution is -0.144. The molecule has 0 atom stereocenters. The van der Waals surface area contributed by atoms with Crippen molar-refractivity contribution in [2.45, 2.75) is 26.0 Å². The highest BCUT2D eigenvalue weighted by Gasteiger charge is 2.32. The molecule has 112 valence electrons. The minimum absolute atomic E-state index is 0.112. The maximum absolute atomic E-state index is 12.5. The van der Waals surface area contributed by atoms with Crippen LogP contribution in [0.2, 0.25) is 5.02 Å². The van der Waals surface area contributed by atoms with Crippen molar-refractivity contribution in [1.29, 1.82) is 0 Å². The average Bonchev–Trinajstić information content (AvgIpc) is 2.93. The highest BCUT2D eigenvalue weighted by atomic mass is 35.5. The van der Waals surface area contributed by atoms with Gasteiger partial charge in [-0.05, 0) is 38.1 Å². The molecular formula is C15H18ClN3O2. The SMILES string of the molecule is CN(Cc1cn[nH]c1)C(=O)C(C)(C)Oc1ccc(Cl)cc1. The number of aromatic amines is 1. The predicted molar refractivity (Wildman–Crippen MR) is 81.2 cm³/mol. The van der Waals surface area contributed by atoms with Crippen molar-refractivity contribution in [2.75, 3.05) is 7.05 Å². The molecule has 0 fully saturated rings. The number of nitrogens with one attached hydrogen (secondary N) is 1. The third-order valence-electron chi connectivity index (χ3n) is 3.02. The Morgan fingerprint density at radius 2 is 2.05 bits per heavy atom. The first kappa shape index (κ1) is 15.4. The van der Waals surface area contributed by atoms with Gasteiger partial charge in [0.05, 0.1) is 6.20 Å². The molecule has 0 spiro atoms. The van der Waals surface area contributed by atoms with Crippen molar-refractivity contribution >= 4 is 17.5 Å². The van der Waals surface area contributed by atoms with Crippen LogP contribution in [-0.4, -0.2) is 33.7 Å². The van der Waals surface area contributed by atoms with Gasteiger partial charge in [-0.2, -0.15) is 5.10 Å². The third kappa shape index (κ3) is 3.98. The third-order valence-corrected chi connectivity index (χ3v) is 3.27.